The van der Waals surface area contributed by atoms with Crippen molar-refractivity contribution in [3.63, 3.8) is 0 Å². The average Bonchev–Trinajstić information content (AvgIpc) is 3.19. The topological polar surface area (TPSA) is 61.4 Å². The highest BCUT2D eigenvalue weighted by Gasteiger charge is 2.36. The van der Waals surface area contributed by atoms with Crippen LogP contribution >= 0.6 is 0 Å². The minimum absolute atomic E-state index is 0.0901. The molecule has 0 spiro atoms. The Morgan fingerprint density at radius 3 is 2.55 bits per heavy atom. The van der Waals surface area contributed by atoms with Gasteiger partial charge in [-0.25, -0.2) is 4.79 Å². The van der Waals surface area contributed by atoms with Gasteiger partial charge in [0, 0.05) is 18.3 Å². The number of amides is 3. The number of anilines is 1. The smallest absolute Gasteiger partial charge is 0.318 e. The first-order chi connectivity index (χ1) is 10.7. The molecule has 1 aliphatic carbocycles. The Morgan fingerprint density at radius 2 is 1.91 bits per heavy atom. The molecular formula is C17H23N3O2. The monoisotopic (exact) mass is 301 g/mol. The van der Waals surface area contributed by atoms with E-state index in [2.05, 4.69) is 17.6 Å². The Hall–Kier alpha value is -2.04. The second-order valence-corrected chi connectivity index (χ2v) is 6.11. The zero-order chi connectivity index (χ0) is 15.5. The summed E-state index contributed by atoms with van der Waals surface area (Å²) in [5.74, 6) is -0.0901. The van der Waals surface area contributed by atoms with Crippen molar-refractivity contribution in [3.8, 4) is 0 Å². The van der Waals surface area contributed by atoms with E-state index in [-0.39, 0.29) is 18.0 Å². The highest BCUT2D eigenvalue weighted by molar-refractivity contribution is 5.97. The average molecular weight is 301 g/mol. The zero-order valence-electron chi connectivity index (χ0n) is 13.0. The van der Waals surface area contributed by atoms with Gasteiger partial charge in [0.1, 0.15) is 6.04 Å². The van der Waals surface area contributed by atoms with Gasteiger partial charge in [-0.2, -0.15) is 0 Å². The Balaban J connectivity index is 1.60. The van der Waals surface area contributed by atoms with Crippen molar-refractivity contribution >= 4 is 17.6 Å². The number of aryl methyl sites for hydroxylation is 1. The van der Waals surface area contributed by atoms with Crippen molar-refractivity contribution in [3.05, 3.63) is 29.8 Å². The molecule has 1 heterocycles. The summed E-state index contributed by atoms with van der Waals surface area (Å²) in [6.07, 6.45) is 4.70. The molecule has 0 unspecified atom stereocenters. The maximum atomic E-state index is 12.5. The molecule has 1 atom stereocenters. The number of rotatable bonds is 4. The van der Waals surface area contributed by atoms with Crippen molar-refractivity contribution in [2.45, 2.75) is 51.1 Å². The Morgan fingerprint density at radius 1 is 1.18 bits per heavy atom. The minimum Gasteiger partial charge on any atom is -0.335 e. The molecule has 2 aliphatic rings. The molecule has 0 aromatic heterocycles. The molecule has 2 N–H and O–H groups in total. The molecule has 3 amide bonds. The van der Waals surface area contributed by atoms with E-state index in [1.54, 1.807) is 4.90 Å². The van der Waals surface area contributed by atoms with E-state index in [0.29, 0.717) is 12.6 Å². The molecule has 0 radical (unpaired) electrons. The van der Waals surface area contributed by atoms with Crippen LogP contribution in [0.2, 0.25) is 0 Å². The summed E-state index contributed by atoms with van der Waals surface area (Å²) in [6, 6.07) is 7.73. The third-order valence-electron chi connectivity index (χ3n) is 4.35. The molecule has 1 aromatic carbocycles. The fraction of sp³-hybridized carbons (Fsp3) is 0.529. The summed E-state index contributed by atoms with van der Waals surface area (Å²) in [6.45, 7) is 2.76. The van der Waals surface area contributed by atoms with Gasteiger partial charge in [0.2, 0.25) is 5.91 Å². The predicted octanol–water partition coefficient (Wildman–Crippen LogP) is 2.52. The normalized spacial score (nSPS) is 20.8. The molecule has 5 heteroatoms. The van der Waals surface area contributed by atoms with Gasteiger partial charge >= 0.3 is 6.03 Å². The van der Waals surface area contributed by atoms with E-state index in [4.69, 9.17) is 0 Å². The van der Waals surface area contributed by atoms with Gasteiger partial charge in [0.25, 0.3) is 0 Å². The highest BCUT2D eigenvalue weighted by Crippen LogP contribution is 2.23. The van der Waals surface area contributed by atoms with E-state index in [0.717, 1.165) is 37.8 Å². The van der Waals surface area contributed by atoms with E-state index >= 15 is 0 Å². The molecule has 3 rings (SSSR count). The number of carbonyl (C=O) groups excluding carboxylic acids is 2. The number of hydrogen-bond acceptors (Lipinski definition) is 2. The molecule has 1 saturated carbocycles. The van der Waals surface area contributed by atoms with Gasteiger partial charge in [-0.05, 0) is 49.8 Å². The molecule has 0 bridgehead atoms. The van der Waals surface area contributed by atoms with Crippen LogP contribution in [0.5, 0.6) is 0 Å². The van der Waals surface area contributed by atoms with Crippen molar-refractivity contribution in [2.75, 3.05) is 11.9 Å². The number of benzene rings is 1. The third kappa shape index (κ3) is 3.40. The molecule has 1 aliphatic heterocycles. The van der Waals surface area contributed by atoms with Gasteiger partial charge in [-0.15, -0.1) is 0 Å². The molecule has 2 fully saturated rings. The van der Waals surface area contributed by atoms with Crippen LogP contribution in [0.4, 0.5) is 10.5 Å². The van der Waals surface area contributed by atoms with Crippen LogP contribution in [-0.4, -0.2) is 35.5 Å². The van der Waals surface area contributed by atoms with Gasteiger partial charge in [0.05, 0.1) is 0 Å². The van der Waals surface area contributed by atoms with Gasteiger partial charge in [-0.1, -0.05) is 19.1 Å². The molecular weight excluding hydrogens is 278 g/mol. The first-order valence-electron chi connectivity index (χ1n) is 8.14. The summed E-state index contributed by atoms with van der Waals surface area (Å²) in [5.41, 5.74) is 2.03. The zero-order valence-corrected chi connectivity index (χ0v) is 13.0. The summed E-state index contributed by atoms with van der Waals surface area (Å²) in [7, 11) is 0. The molecule has 5 nitrogen and oxygen atoms in total. The lowest BCUT2D eigenvalue weighted by Gasteiger charge is -2.24. The van der Waals surface area contributed by atoms with Crippen LogP contribution in [0.15, 0.2) is 24.3 Å². The quantitative estimate of drug-likeness (QED) is 0.897. The lowest BCUT2D eigenvalue weighted by molar-refractivity contribution is -0.119. The Labute approximate surface area is 131 Å². The van der Waals surface area contributed by atoms with Crippen molar-refractivity contribution in [1.82, 2.24) is 10.2 Å². The minimum atomic E-state index is -0.357. The number of hydrogen-bond donors (Lipinski definition) is 2. The van der Waals surface area contributed by atoms with Crippen molar-refractivity contribution in [2.24, 2.45) is 0 Å². The summed E-state index contributed by atoms with van der Waals surface area (Å²) >= 11 is 0. The van der Waals surface area contributed by atoms with E-state index in [1.807, 2.05) is 24.3 Å². The number of carbonyl (C=O) groups is 2. The Kier molecular flexibility index (Phi) is 4.32. The predicted molar refractivity (Wildman–Crippen MR) is 85.7 cm³/mol. The van der Waals surface area contributed by atoms with Crippen LogP contribution in [-0.2, 0) is 11.2 Å². The maximum Gasteiger partial charge on any atom is 0.318 e. The Bertz CT molecular complexity index is 552. The van der Waals surface area contributed by atoms with Crippen LogP contribution < -0.4 is 10.6 Å². The number of nitrogens with one attached hydrogen (secondary N) is 2. The molecule has 22 heavy (non-hydrogen) atoms. The van der Waals surface area contributed by atoms with E-state index in [1.165, 1.54) is 5.56 Å². The number of nitrogens with zero attached hydrogens (tertiary/aromatic N) is 1. The lowest BCUT2D eigenvalue weighted by atomic mass is 10.1. The first kappa shape index (κ1) is 14.9. The molecule has 1 saturated heterocycles. The van der Waals surface area contributed by atoms with Crippen LogP contribution in [0.25, 0.3) is 0 Å². The van der Waals surface area contributed by atoms with Gasteiger partial charge in [0.15, 0.2) is 0 Å². The van der Waals surface area contributed by atoms with Gasteiger partial charge < -0.3 is 15.5 Å². The summed E-state index contributed by atoms with van der Waals surface area (Å²) in [5, 5.41) is 5.89. The van der Waals surface area contributed by atoms with Crippen molar-refractivity contribution < 1.29 is 9.59 Å². The summed E-state index contributed by atoms with van der Waals surface area (Å²) < 4.78 is 0. The lowest BCUT2D eigenvalue weighted by Crippen LogP contribution is -2.48. The molecule has 118 valence electrons. The second-order valence-electron chi connectivity index (χ2n) is 6.11. The first-order valence-corrected chi connectivity index (χ1v) is 8.14. The number of likely N-dealkylation sites (tertiary alicyclic amines) is 1. The second kappa shape index (κ2) is 6.38. The van der Waals surface area contributed by atoms with Crippen molar-refractivity contribution in [1.29, 1.82) is 0 Å². The van der Waals surface area contributed by atoms with Crippen LogP contribution in [0.3, 0.4) is 0 Å². The SMILES string of the molecule is CCc1ccc(NC(=O)[C@H]2CCCN2C(=O)NC2CC2)cc1. The number of urea groups is 1. The van der Waals surface area contributed by atoms with Crippen LogP contribution in [0.1, 0.15) is 38.2 Å². The van der Waals surface area contributed by atoms with E-state index < -0.39 is 0 Å². The fourth-order valence-corrected chi connectivity index (χ4v) is 2.82. The molecule has 1 aromatic rings. The van der Waals surface area contributed by atoms with Gasteiger partial charge in [-0.3, -0.25) is 4.79 Å². The largest absolute Gasteiger partial charge is 0.335 e. The van der Waals surface area contributed by atoms with E-state index in [9.17, 15) is 9.59 Å². The standard InChI is InChI=1S/C17H23N3O2/c1-2-12-5-7-13(8-6-12)18-16(21)15-4-3-11-20(15)17(22)19-14-9-10-14/h5-8,14-15H,2-4,9-11H2,1H3,(H,18,21)(H,19,22)/t15-/m1/s1. The maximum absolute atomic E-state index is 12.5. The van der Waals surface area contributed by atoms with Crippen LogP contribution in [0, 0.1) is 0 Å². The highest BCUT2D eigenvalue weighted by atomic mass is 16.2. The summed E-state index contributed by atoms with van der Waals surface area (Å²) in [4.78, 5) is 26.3. The fourth-order valence-electron chi connectivity index (χ4n) is 2.82. The third-order valence-corrected chi connectivity index (χ3v) is 4.35.